The van der Waals surface area contributed by atoms with Crippen LogP contribution in [0.25, 0.3) is 0 Å². The predicted molar refractivity (Wildman–Crippen MR) is 66.2 cm³/mol. The molecule has 15 heavy (non-hydrogen) atoms. The molecular formula is C12H19ClN2. The molecule has 0 spiro atoms. The molecule has 0 aliphatic rings. The van der Waals surface area contributed by atoms with Crippen LogP contribution in [0.2, 0.25) is 5.02 Å². The summed E-state index contributed by atoms with van der Waals surface area (Å²) in [6.45, 7) is 4.87. The van der Waals surface area contributed by atoms with Gasteiger partial charge in [-0.15, -0.1) is 0 Å². The van der Waals surface area contributed by atoms with Crippen molar-refractivity contribution in [2.45, 2.75) is 13.3 Å². The van der Waals surface area contributed by atoms with Gasteiger partial charge in [0.2, 0.25) is 0 Å². The molecule has 0 saturated heterocycles. The molecule has 0 saturated carbocycles. The second-order valence-electron chi connectivity index (χ2n) is 3.92. The van der Waals surface area contributed by atoms with Gasteiger partial charge in [-0.3, -0.25) is 0 Å². The number of nitrogens with one attached hydrogen (secondary N) is 1. The number of rotatable bonds is 6. The molecule has 0 bridgehead atoms. The highest BCUT2D eigenvalue weighted by Gasteiger charge is 1.98. The lowest BCUT2D eigenvalue weighted by Crippen LogP contribution is -2.27. The summed E-state index contributed by atoms with van der Waals surface area (Å²) in [5.41, 5.74) is 6.84. The number of nitrogens with two attached hydrogens (primary N) is 1. The molecule has 1 aromatic rings. The fraction of sp³-hybridized carbons (Fsp3) is 0.500. The Morgan fingerprint density at radius 3 is 2.60 bits per heavy atom. The van der Waals surface area contributed by atoms with Crippen LogP contribution in [0, 0.1) is 5.92 Å². The molecule has 0 aliphatic heterocycles. The van der Waals surface area contributed by atoms with E-state index in [4.69, 9.17) is 17.3 Å². The lowest BCUT2D eigenvalue weighted by atomic mass is 10.1. The van der Waals surface area contributed by atoms with E-state index < -0.39 is 0 Å². The highest BCUT2D eigenvalue weighted by molar-refractivity contribution is 6.30. The first kappa shape index (κ1) is 12.5. The summed E-state index contributed by atoms with van der Waals surface area (Å²) in [7, 11) is 0. The van der Waals surface area contributed by atoms with E-state index in [0.717, 1.165) is 31.1 Å². The quantitative estimate of drug-likeness (QED) is 0.729. The Bertz CT molecular complexity index is 271. The Morgan fingerprint density at radius 2 is 2.00 bits per heavy atom. The first-order valence-electron chi connectivity index (χ1n) is 5.37. The molecule has 0 fully saturated rings. The average molecular weight is 227 g/mol. The van der Waals surface area contributed by atoms with Crippen LogP contribution in [0.1, 0.15) is 12.5 Å². The van der Waals surface area contributed by atoms with Crippen molar-refractivity contribution in [3.05, 3.63) is 34.9 Å². The topological polar surface area (TPSA) is 38.0 Å². The zero-order chi connectivity index (χ0) is 11.1. The van der Waals surface area contributed by atoms with Crippen molar-refractivity contribution in [1.82, 2.24) is 5.32 Å². The third-order valence-corrected chi connectivity index (χ3v) is 2.65. The molecule has 3 heteroatoms. The van der Waals surface area contributed by atoms with E-state index in [-0.39, 0.29) is 0 Å². The summed E-state index contributed by atoms with van der Waals surface area (Å²) >= 11 is 5.80. The van der Waals surface area contributed by atoms with Crippen LogP contribution >= 0.6 is 11.6 Å². The molecule has 3 N–H and O–H groups in total. The first-order valence-corrected chi connectivity index (χ1v) is 5.75. The minimum Gasteiger partial charge on any atom is -0.330 e. The Hall–Kier alpha value is -0.570. The standard InChI is InChI=1S/C12H19ClN2/c1-10(8-14)9-15-7-6-11-2-4-12(13)5-3-11/h2-5,10,15H,6-9,14H2,1H3. The summed E-state index contributed by atoms with van der Waals surface area (Å²) in [6.07, 6.45) is 1.04. The van der Waals surface area contributed by atoms with Gasteiger partial charge in [0, 0.05) is 5.02 Å². The van der Waals surface area contributed by atoms with Crippen LogP contribution in [0.15, 0.2) is 24.3 Å². The van der Waals surface area contributed by atoms with E-state index in [9.17, 15) is 0 Å². The SMILES string of the molecule is CC(CN)CNCCc1ccc(Cl)cc1. The molecular weight excluding hydrogens is 208 g/mol. The number of halogens is 1. The zero-order valence-corrected chi connectivity index (χ0v) is 9.93. The van der Waals surface area contributed by atoms with Gasteiger partial charge < -0.3 is 11.1 Å². The first-order chi connectivity index (χ1) is 7.22. The predicted octanol–water partition coefficient (Wildman–Crippen LogP) is 2.07. The van der Waals surface area contributed by atoms with Crippen LogP contribution in [-0.2, 0) is 6.42 Å². The van der Waals surface area contributed by atoms with Gasteiger partial charge in [0.05, 0.1) is 0 Å². The van der Waals surface area contributed by atoms with Gasteiger partial charge in [0.25, 0.3) is 0 Å². The van der Waals surface area contributed by atoms with E-state index in [1.807, 2.05) is 12.1 Å². The van der Waals surface area contributed by atoms with Gasteiger partial charge in [-0.25, -0.2) is 0 Å². The monoisotopic (exact) mass is 226 g/mol. The third-order valence-electron chi connectivity index (χ3n) is 2.40. The van der Waals surface area contributed by atoms with Crippen molar-refractivity contribution in [2.24, 2.45) is 11.7 Å². The van der Waals surface area contributed by atoms with E-state index in [1.54, 1.807) is 0 Å². The maximum atomic E-state index is 5.80. The minimum atomic E-state index is 0.551. The fourth-order valence-electron chi connectivity index (χ4n) is 1.32. The molecule has 1 unspecified atom stereocenters. The molecule has 84 valence electrons. The van der Waals surface area contributed by atoms with Gasteiger partial charge in [-0.2, -0.15) is 0 Å². The van der Waals surface area contributed by atoms with Crippen LogP contribution in [0.4, 0.5) is 0 Å². The molecule has 1 rings (SSSR count). The summed E-state index contributed by atoms with van der Waals surface area (Å²) in [5.74, 6) is 0.551. The van der Waals surface area contributed by atoms with Gasteiger partial charge in [-0.1, -0.05) is 30.7 Å². The normalized spacial score (nSPS) is 12.7. The second kappa shape index (κ2) is 6.83. The lowest BCUT2D eigenvalue weighted by molar-refractivity contribution is 0.524. The second-order valence-corrected chi connectivity index (χ2v) is 4.36. The summed E-state index contributed by atoms with van der Waals surface area (Å²) in [6, 6.07) is 7.99. The zero-order valence-electron chi connectivity index (χ0n) is 9.17. The van der Waals surface area contributed by atoms with E-state index in [0.29, 0.717) is 5.92 Å². The smallest absolute Gasteiger partial charge is 0.0406 e. The highest BCUT2D eigenvalue weighted by atomic mass is 35.5. The van der Waals surface area contributed by atoms with Gasteiger partial charge in [0.15, 0.2) is 0 Å². The van der Waals surface area contributed by atoms with E-state index in [1.165, 1.54) is 5.56 Å². The minimum absolute atomic E-state index is 0.551. The van der Waals surface area contributed by atoms with Crippen molar-refractivity contribution in [3.63, 3.8) is 0 Å². The molecule has 2 nitrogen and oxygen atoms in total. The van der Waals surface area contributed by atoms with Gasteiger partial charge in [-0.05, 0) is 49.7 Å². The molecule has 0 aliphatic carbocycles. The molecule has 0 amide bonds. The number of hydrogen-bond acceptors (Lipinski definition) is 2. The van der Waals surface area contributed by atoms with Crippen LogP contribution in [0.3, 0.4) is 0 Å². The average Bonchev–Trinajstić information content (AvgIpc) is 2.26. The largest absolute Gasteiger partial charge is 0.330 e. The summed E-state index contributed by atoms with van der Waals surface area (Å²) in [4.78, 5) is 0. The summed E-state index contributed by atoms with van der Waals surface area (Å²) < 4.78 is 0. The Morgan fingerprint density at radius 1 is 1.33 bits per heavy atom. The lowest BCUT2D eigenvalue weighted by Gasteiger charge is -2.09. The highest BCUT2D eigenvalue weighted by Crippen LogP contribution is 2.09. The van der Waals surface area contributed by atoms with Crippen LogP contribution in [-0.4, -0.2) is 19.6 Å². The maximum Gasteiger partial charge on any atom is 0.0406 e. The Kier molecular flexibility index (Phi) is 5.69. The van der Waals surface area contributed by atoms with Gasteiger partial charge in [0.1, 0.15) is 0 Å². The van der Waals surface area contributed by atoms with Crippen LogP contribution in [0.5, 0.6) is 0 Å². The molecule has 0 radical (unpaired) electrons. The molecule has 0 aromatic heterocycles. The molecule has 0 heterocycles. The van der Waals surface area contributed by atoms with Gasteiger partial charge >= 0.3 is 0 Å². The molecule has 1 atom stereocenters. The van der Waals surface area contributed by atoms with Crippen molar-refractivity contribution in [1.29, 1.82) is 0 Å². The van der Waals surface area contributed by atoms with Crippen molar-refractivity contribution < 1.29 is 0 Å². The van der Waals surface area contributed by atoms with Crippen molar-refractivity contribution >= 4 is 11.6 Å². The van der Waals surface area contributed by atoms with Crippen molar-refractivity contribution in [2.75, 3.05) is 19.6 Å². The van der Waals surface area contributed by atoms with E-state index >= 15 is 0 Å². The Labute approximate surface area is 96.8 Å². The van der Waals surface area contributed by atoms with E-state index in [2.05, 4.69) is 24.4 Å². The molecule has 1 aromatic carbocycles. The maximum absolute atomic E-state index is 5.80. The summed E-state index contributed by atoms with van der Waals surface area (Å²) in [5, 5.41) is 4.18. The van der Waals surface area contributed by atoms with Crippen molar-refractivity contribution in [3.8, 4) is 0 Å². The third kappa shape index (κ3) is 5.17. The Balaban J connectivity index is 2.17. The number of hydrogen-bond donors (Lipinski definition) is 2. The van der Waals surface area contributed by atoms with Crippen LogP contribution < -0.4 is 11.1 Å². The fourth-order valence-corrected chi connectivity index (χ4v) is 1.44. The number of benzene rings is 1.